The van der Waals surface area contributed by atoms with Gasteiger partial charge in [0.1, 0.15) is 12.4 Å². The molecule has 0 radical (unpaired) electrons. The predicted molar refractivity (Wildman–Crippen MR) is 117 cm³/mol. The number of amides is 2. The van der Waals surface area contributed by atoms with Crippen molar-refractivity contribution in [1.29, 1.82) is 0 Å². The molecule has 1 aromatic rings. The average Bonchev–Trinajstić information content (AvgIpc) is 3.11. The SMILES string of the molecule is CC(C)(C)CC(=O)NCCCCCCNC(=O)C[n+]1cc[nH]c1.CCC.CCl. The van der Waals surface area contributed by atoms with Gasteiger partial charge in [0, 0.05) is 25.9 Å². The van der Waals surface area contributed by atoms with Crippen LogP contribution >= 0.6 is 11.6 Å². The molecule has 1 rings (SSSR count). The second kappa shape index (κ2) is 18.8. The molecular weight excluding hydrogens is 376 g/mol. The Bertz CT molecular complexity index is 485. The van der Waals surface area contributed by atoms with Crippen LogP contribution in [0.5, 0.6) is 0 Å². The number of hydrogen-bond acceptors (Lipinski definition) is 2. The van der Waals surface area contributed by atoms with E-state index in [1.165, 1.54) is 12.8 Å². The van der Waals surface area contributed by atoms with Gasteiger partial charge in [-0.25, -0.2) is 4.57 Å². The number of aromatic nitrogens is 2. The van der Waals surface area contributed by atoms with Crippen LogP contribution < -0.4 is 15.2 Å². The van der Waals surface area contributed by atoms with Crippen LogP contribution in [0.4, 0.5) is 0 Å². The lowest BCUT2D eigenvalue weighted by molar-refractivity contribution is -0.683. The Morgan fingerprint density at radius 2 is 1.46 bits per heavy atom. The van der Waals surface area contributed by atoms with Crippen molar-refractivity contribution in [3.8, 4) is 0 Å². The number of hydrogen-bond donors (Lipinski definition) is 3. The second-order valence-electron chi connectivity index (χ2n) is 7.84. The molecule has 1 aromatic heterocycles. The summed E-state index contributed by atoms with van der Waals surface area (Å²) < 4.78 is 1.80. The van der Waals surface area contributed by atoms with E-state index in [2.05, 4.69) is 61.8 Å². The van der Waals surface area contributed by atoms with E-state index in [4.69, 9.17) is 0 Å². The summed E-state index contributed by atoms with van der Waals surface area (Å²) in [5, 5.41) is 5.87. The molecule has 1 heterocycles. The molecule has 0 aliphatic rings. The van der Waals surface area contributed by atoms with E-state index in [1.54, 1.807) is 17.1 Å². The highest BCUT2D eigenvalue weighted by Gasteiger charge is 2.15. The first kappa shape index (κ1) is 28.6. The standard InChI is InChI=1S/C17H30N4O2.C3H8.CH3Cl/c1-17(2,3)12-15(22)19-8-6-4-5-7-9-20-16(23)13-21-11-10-18-14-21;1-3-2;1-2/h10-11,14H,4-9,12-13H2,1-3H3,(H2,19,20,22,23);3H2,1-2H3;1H3/p+1. The van der Waals surface area contributed by atoms with Crippen molar-refractivity contribution in [2.24, 2.45) is 5.41 Å². The minimum absolute atomic E-state index is 0.0315. The normalized spacial score (nSPS) is 10.1. The Kier molecular flexibility index (Phi) is 19.2. The summed E-state index contributed by atoms with van der Waals surface area (Å²) in [7, 11) is 0. The minimum Gasteiger partial charge on any atom is -0.356 e. The molecule has 0 bridgehead atoms. The van der Waals surface area contributed by atoms with Crippen molar-refractivity contribution < 1.29 is 14.2 Å². The third-order valence-electron chi connectivity index (χ3n) is 3.37. The molecule has 28 heavy (non-hydrogen) atoms. The first-order chi connectivity index (χ1) is 13.3. The van der Waals surface area contributed by atoms with Gasteiger partial charge in [-0.1, -0.05) is 53.9 Å². The maximum atomic E-state index is 11.6. The Hall–Kier alpha value is -1.56. The van der Waals surface area contributed by atoms with Crippen molar-refractivity contribution in [2.45, 2.75) is 79.7 Å². The number of alkyl halides is 1. The largest absolute Gasteiger partial charge is 0.356 e. The molecule has 0 saturated carbocycles. The molecule has 164 valence electrons. The molecule has 3 N–H and O–H groups in total. The van der Waals surface area contributed by atoms with Gasteiger partial charge in [-0.15, -0.1) is 11.6 Å². The van der Waals surface area contributed by atoms with E-state index >= 15 is 0 Å². The highest BCUT2D eigenvalue weighted by Crippen LogP contribution is 2.17. The van der Waals surface area contributed by atoms with E-state index in [0.717, 1.165) is 32.2 Å². The maximum Gasteiger partial charge on any atom is 0.262 e. The Labute approximate surface area is 176 Å². The van der Waals surface area contributed by atoms with Crippen molar-refractivity contribution in [2.75, 3.05) is 19.5 Å². The lowest BCUT2D eigenvalue weighted by atomic mass is 9.92. The van der Waals surface area contributed by atoms with Crippen molar-refractivity contribution >= 4 is 23.4 Å². The average molecular weight is 418 g/mol. The number of aromatic amines is 1. The number of halogens is 1. The Morgan fingerprint density at radius 3 is 1.89 bits per heavy atom. The Balaban J connectivity index is 0. The monoisotopic (exact) mass is 417 g/mol. The first-order valence-corrected chi connectivity index (χ1v) is 11.0. The van der Waals surface area contributed by atoms with Crippen molar-refractivity contribution in [3.05, 3.63) is 18.7 Å². The lowest BCUT2D eigenvalue weighted by Crippen LogP contribution is -2.41. The van der Waals surface area contributed by atoms with Crippen LogP contribution in [0.3, 0.4) is 0 Å². The summed E-state index contributed by atoms with van der Waals surface area (Å²) >= 11 is 4.64. The highest BCUT2D eigenvalue weighted by molar-refractivity contribution is 6.15. The zero-order valence-corrected chi connectivity index (χ0v) is 19.5. The van der Waals surface area contributed by atoms with Crippen molar-refractivity contribution in [1.82, 2.24) is 15.6 Å². The fourth-order valence-corrected chi connectivity index (χ4v) is 2.24. The number of carbonyl (C=O) groups is 2. The third-order valence-corrected chi connectivity index (χ3v) is 3.37. The second-order valence-corrected chi connectivity index (χ2v) is 7.84. The van der Waals surface area contributed by atoms with Gasteiger partial charge in [-0.2, -0.15) is 0 Å². The topological polar surface area (TPSA) is 77.9 Å². The molecule has 0 saturated heterocycles. The Morgan fingerprint density at radius 1 is 0.964 bits per heavy atom. The van der Waals surface area contributed by atoms with Crippen LogP contribution in [0.15, 0.2) is 18.7 Å². The summed E-state index contributed by atoms with van der Waals surface area (Å²) in [5.74, 6) is 0.163. The number of imidazole rings is 1. The molecular formula is C21H42ClN4O2+. The number of nitrogens with one attached hydrogen (secondary N) is 3. The summed E-state index contributed by atoms with van der Waals surface area (Å²) in [4.78, 5) is 26.2. The lowest BCUT2D eigenvalue weighted by Gasteiger charge is -2.17. The molecule has 0 aliphatic heterocycles. The molecule has 2 amide bonds. The number of nitrogens with zero attached hydrogens (tertiary/aromatic N) is 1. The minimum atomic E-state index is 0.0315. The zero-order chi connectivity index (χ0) is 21.8. The molecule has 0 aromatic carbocycles. The maximum absolute atomic E-state index is 11.6. The molecule has 0 fully saturated rings. The number of H-pyrrole nitrogens is 1. The number of carbonyl (C=O) groups excluding carboxylic acids is 2. The smallest absolute Gasteiger partial charge is 0.262 e. The molecule has 0 atom stereocenters. The highest BCUT2D eigenvalue weighted by atomic mass is 35.5. The number of rotatable bonds is 10. The van der Waals surface area contributed by atoms with E-state index in [0.29, 0.717) is 19.5 Å². The van der Waals surface area contributed by atoms with Gasteiger partial charge in [0.15, 0.2) is 6.54 Å². The van der Waals surface area contributed by atoms with Crippen LogP contribution in [-0.2, 0) is 16.1 Å². The predicted octanol–water partition coefficient (Wildman–Crippen LogP) is 3.80. The number of unbranched alkanes of at least 4 members (excludes halogenated alkanes) is 3. The van der Waals surface area contributed by atoms with Gasteiger partial charge in [0.25, 0.3) is 5.91 Å². The van der Waals surface area contributed by atoms with Gasteiger partial charge in [0.05, 0.1) is 0 Å². The zero-order valence-electron chi connectivity index (χ0n) is 18.7. The van der Waals surface area contributed by atoms with Crippen LogP contribution in [0.1, 0.15) is 73.1 Å². The fraction of sp³-hybridized carbons (Fsp3) is 0.762. The van der Waals surface area contributed by atoms with Gasteiger partial charge in [-0.05, 0) is 18.3 Å². The fourth-order valence-electron chi connectivity index (χ4n) is 2.24. The summed E-state index contributed by atoms with van der Waals surface area (Å²) in [6.45, 7) is 12.2. The van der Waals surface area contributed by atoms with Gasteiger partial charge in [-0.3, -0.25) is 14.6 Å². The molecule has 7 heteroatoms. The van der Waals surface area contributed by atoms with Gasteiger partial charge < -0.3 is 10.6 Å². The molecule has 0 aliphatic carbocycles. The first-order valence-electron chi connectivity index (χ1n) is 10.2. The van der Waals surface area contributed by atoms with E-state index in [9.17, 15) is 9.59 Å². The molecule has 6 nitrogen and oxygen atoms in total. The van der Waals surface area contributed by atoms with Gasteiger partial charge in [0.2, 0.25) is 12.2 Å². The van der Waals surface area contributed by atoms with Gasteiger partial charge >= 0.3 is 0 Å². The van der Waals surface area contributed by atoms with Crippen LogP contribution in [0.25, 0.3) is 0 Å². The van der Waals surface area contributed by atoms with Crippen LogP contribution in [0, 0.1) is 5.41 Å². The van der Waals surface area contributed by atoms with Crippen LogP contribution in [-0.4, -0.2) is 36.3 Å². The molecule has 0 unspecified atom stereocenters. The van der Waals surface area contributed by atoms with Crippen LogP contribution in [0.2, 0.25) is 0 Å². The van der Waals surface area contributed by atoms with E-state index in [-0.39, 0.29) is 17.2 Å². The van der Waals surface area contributed by atoms with E-state index in [1.807, 2.05) is 6.20 Å². The third kappa shape index (κ3) is 20.7. The molecule has 0 spiro atoms. The van der Waals surface area contributed by atoms with Crippen molar-refractivity contribution in [3.63, 3.8) is 0 Å². The quantitative estimate of drug-likeness (QED) is 0.307. The summed E-state index contributed by atoms with van der Waals surface area (Å²) in [6.07, 6.45) is 12.8. The van der Waals surface area contributed by atoms with E-state index < -0.39 is 0 Å². The summed E-state index contributed by atoms with van der Waals surface area (Å²) in [5.41, 5.74) is 0.0426. The summed E-state index contributed by atoms with van der Waals surface area (Å²) in [6, 6.07) is 0.